The predicted molar refractivity (Wildman–Crippen MR) is 116 cm³/mol. The Morgan fingerprint density at radius 2 is 1.84 bits per heavy atom. The summed E-state index contributed by atoms with van der Waals surface area (Å²) in [6, 6.07) is 11.9. The molecular formula is C23H20FN3O4S. The van der Waals surface area contributed by atoms with Crippen molar-refractivity contribution < 1.29 is 22.7 Å². The van der Waals surface area contributed by atoms with E-state index in [9.17, 15) is 22.7 Å². The molecule has 0 bridgehead atoms. The maximum absolute atomic E-state index is 13.3. The van der Waals surface area contributed by atoms with E-state index in [1.807, 2.05) is 6.07 Å². The van der Waals surface area contributed by atoms with Gasteiger partial charge < -0.3 is 15.4 Å². The zero-order chi connectivity index (χ0) is 22.9. The number of nitrogens with two attached hydrogens (primary N) is 1. The fourth-order valence-electron chi connectivity index (χ4n) is 3.57. The summed E-state index contributed by atoms with van der Waals surface area (Å²) < 4.78 is 41.2. The molecule has 0 fully saturated rings. The van der Waals surface area contributed by atoms with Crippen molar-refractivity contribution in [1.29, 1.82) is 0 Å². The Hall–Kier alpha value is -3.56. The van der Waals surface area contributed by atoms with Crippen LogP contribution in [0.25, 0.3) is 10.9 Å². The molecule has 0 aliphatic rings. The number of aliphatic carboxylic acids is 1. The third kappa shape index (κ3) is 4.25. The minimum absolute atomic E-state index is 0.0145. The van der Waals surface area contributed by atoms with Crippen LogP contribution < -0.4 is 5.73 Å². The maximum Gasteiger partial charge on any atom is 0.322 e. The number of hydrogen-bond donors (Lipinski definition) is 2. The zero-order valence-corrected chi connectivity index (χ0v) is 17.7. The number of fused-ring (bicyclic) bond motifs is 1. The Morgan fingerprint density at radius 3 is 2.50 bits per heavy atom. The van der Waals surface area contributed by atoms with Gasteiger partial charge in [0.1, 0.15) is 11.9 Å². The molecule has 32 heavy (non-hydrogen) atoms. The molecule has 9 heteroatoms. The third-order valence-electron chi connectivity index (χ3n) is 5.20. The van der Waals surface area contributed by atoms with Crippen LogP contribution in [0.1, 0.15) is 11.1 Å². The van der Waals surface area contributed by atoms with Gasteiger partial charge in [-0.3, -0.25) is 9.78 Å². The molecule has 0 saturated heterocycles. The molecule has 0 saturated carbocycles. The van der Waals surface area contributed by atoms with E-state index in [2.05, 4.69) is 4.98 Å². The van der Waals surface area contributed by atoms with Gasteiger partial charge in [-0.15, -0.1) is 0 Å². The number of rotatable bonds is 7. The first-order valence-electron chi connectivity index (χ1n) is 9.75. The first-order chi connectivity index (χ1) is 15.3. The van der Waals surface area contributed by atoms with Crippen molar-refractivity contribution in [2.45, 2.75) is 28.8 Å². The van der Waals surface area contributed by atoms with E-state index in [-0.39, 0.29) is 16.3 Å². The van der Waals surface area contributed by atoms with Gasteiger partial charge in [-0.2, -0.15) is 0 Å². The van der Waals surface area contributed by atoms with Crippen LogP contribution in [-0.2, 0) is 27.6 Å². The molecule has 0 spiro atoms. The summed E-state index contributed by atoms with van der Waals surface area (Å²) >= 11 is 0. The minimum Gasteiger partial charge on any atom is -0.480 e. The standard InChI is InChI=1S/C23H20FN3O4S/c24-17-3-5-18(6-4-17)32(30,31)19-7-8-22-20(11-19)16(10-15-2-1-9-26-12-15)13-27(22)14-21(25)23(28)29/h1-9,11-13,21H,10,14,25H2,(H,28,29). The summed E-state index contributed by atoms with van der Waals surface area (Å²) in [5.74, 6) is -1.65. The molecule has 2 heterocycles. The van der Waals surface area contributed by atoms with Crippen LogP contribution in [0.4, 0.5) is 4.39 Å². The van der Waals surface area contributed by atoms with Crippen LogP contribution in [0.3, 0.4) is 0 Å². The molecule has 7 nitrogen and oxygen atoms in total. The SMILES string of the molecule is NC(Cn1cc(Cc2cccnc2)c2cc(S(=O)(=O)c3ccc(F)cc3)ccc21)C(=O)O. The van der Waals surface area contributed by atoms with E-state index in [0.717, 1.165) is 23.3 Å². The van der Waals surface area contributed by atoms with Gasteiger partial charge in [0, 0.05) is 42.5 Å². The number of benzene rings is 2. The lowest BCUT2D eigenvalue weighted by molar-refractivity contribution is -0.138. The average Bonchev–Trinajstić information content (AvgIpc) is 3.11. The van der Waals surface area contributed by atoms with E-state index in [4.69, 9.17) is 5.73 Å². The predicted octanol–water partition coefficient (Wildman–Crippen LogP) is 3.01. The molecule has 1 atom stereocenters. The van der Waals surface area contributed by atoms with Gasteiger partial charge in [-0.1, -0.05) is 6.07 Å². The Morgan fingerprint density at radius 1 is 1.12 bits per heavy atom. The van der Waals surface area contributed by atoms with Crippen molar-refractivity contribution >= 4 is 26.7 Å². The molecule has 1 unspecified atom stereocenters. The number of nitrogens with zero attached hydrogens (tertiary/aromatic N) is 2. The quantitative estimate of drug-likeness (QED) is 0.416. The number of hydrogen-bond acceptors (Lipinski definition) is 5. The molecule has 2 aromatic heterocycles. The summed E-state index contributed by atoms with van der Waals surface area (Å²) in [4.78, 5) is 15.4. The third-order valence-corrected chi connectivity index (χ3v) is 6.96. The molecule has 2 aromatic carbocycles. The van der Waals surface area contributed by atoms with E-state index >= 15 is 0 Å². The van der Waals surface area contributed by atoms with E-state index in [1.54, 1.807) is 41.4 Å². The molecule has 0 aliphatic carbocycles. The van der Waals surface area contributed by atoms with Gasteiger partial charge in [0.25, 0.3) is 0 Å². The second kappa shape index (κ2) is 8.52. The van der Waals surface area contributed by atoms with Crippen molar-refractivity contribution in [2.24, 2.45) is 5.73 Å². The highest BCUT2D eigenvalue weighted by Gasteiger charge is 2.21. The second-order valence-electron chi connectivity index (χ2n) is 7.43. The Bertz CT molecular complexity index is 1380. The lowest BCUT2D eigenvalue weighted by Crippen LogP contribution is -2.34. The van der Waals surface area contributed by atoms with Crippen LogP contribution in [0.5, 0.6) is 0 Å². The van der Waals surface area contributed by atoms with Crippen molar-refractivity contribution in [3.8, 4) is 0 Å². The van der Waals surface area contributed by atoms with Crippen molar-refractivity contribution in [1.82, 2.24) is 9.55 Å². The topological polar surface area (TPSA) is 115 Å². The van der Waals surface area contributed by atoms with Gasteiger partial charge in [-0.05, 0) is 59.7 Å². The molecule has 0 aliphatic heterocycles. The molecule has 4 rings (SSSR count). The average molecular weight is 453 g/mol. The van der Waals surface area contributed by atoms with E-state index < -0.39 is 27.7 Å². The number of halogens is 1. The van der Waals surface area contributed by atoms with Crippen molar-refractivity contribution in [3.63, 3.8) is 0 Å². The lowest BCUT2D eigenvalue weighted by Gasteiger charge is -2.10. The monoisotopic (exact) mass is 453 g/mol. The summed E-state index contributed by atoms with van der Waals surface area (Å²) in [6.07, 6.45) is 5.63. The van der Waals surface area contributed by atoms with Gasteiger partial charge in [-0.25, -0.2) is 12.8 Å². The summed E-state index contributed by atoms with van der Waals surface area (Å²) in [6.45, 7) is 0.0307. The smallest absolute Gasteiger partial charge is 0.322 e. The van der Waals surface area contributed by atoms with Gasteiger partial charge in [0.2, 0.25) is 9.84 Å². The minimum atomic E-state index is -3.87. The molecular weight excluding hydrogens is 433 g/mol. The molecule has 164 valence electrons. The number of carboxylic acid groups (broad SMARTS) is 1. The van der Waals surface area contributed by atoms with Gasteiger partial charge >= 0.3 is 5.97 Å². The van der Waals surface area contributed by atoms with E-state index in [0.29, 0.717) is 17.3 Å². The number of sulfone groups is 1. The number of carbonyl (C=O) groups is 1. The van der Waals surface area contributed by atoms with Crippen LogP contribution in [-0.4, -0.2) is 35.1 Å². The first kappa shape index (κ1) is 21.7. The first-order valence-corrected chi connectivity index (χ1v) is 11.2. The highest BCUT2D eigenvalue weighted by molar-refractivity contribution is 7.91. The Balaban J connectivity index is 1.83. The van der Waals surface area contributed by atoms with E-state index in [1.165, 1.54) is 18.2 Å². The normalized spacial score (nSPS) is 12.7. The lowest BCUT2D eigenvalue weighted by atomic mass is 10.1. The van der Waals surface area contributed by atoms with Crippen LogP contribution in [0.15, 0.2) is 83.0 Å². The summed E-state index contributed by atoms with van der Waals surface area (Å²) in [7, 11) is -3.87. The highest BCUT2D eigenvalue weighted by atomic mass is 32.2. The zero-order valence-electron chi connectivity index (χ0n) is 16.8. The fraction of sp³-hybridized carbons (Fsp3) is 0.130. The molecule has 3 N–H and O–H groups in total. The van der Waals surface area contributed by atoms with Crippen LogP contribution in [0.2, 0.25) is 0 Å². The summed E-state index contributed by atoms with van der Waals surface area (Å²) in [5.41, 5.74) is 8.12. The molecule has 0 amide bonds. The second-order valence-corrected chi connectivity index (χ2v) is 9.38. The number of aromatic nitrogens is 2. The van der Waals surface area contributed by atoms with Crippen LogP contribution in [0, 0.1) is 5.82 Å². The number of carboxylic acids is 1. The Kier molecular flexibility index (Phi) is 5.77. The fourth-order valence-corrected chi connectivity index (χ4v) is 4.86. The Labute approximate surface area is 183 Å². The molecule has 0 radical (unpaired) electrons. The van der Waals surface area contributed by atoms with Crippen LogP contribution >= 0.6 is 0 Å². The van der Waals surface area contributed by atoms with Crippen molar-refractivity contribution in [2.75, 3.05) is 0 Å². The maximum atomic E-state index is 13.3. The number of pyridine rings is 1. The largest absolute Gasteiger partial charge is 0.480 e. The van der Waals surface area contributed by atoms with Gasteiger partial charge in [0.15, 0.2) is 0 Å². The van der Waals surface area contributed by atoms with Crippen molar-refractivity contribution in [3.05, 3.63) is 90.1 Å². The highest BCUT2D eigenvalue weighted by Crippen LogP contribution is 2.29. The summed E-state index contributed by atoms with van der Waals surface area (Å²) in [5, 5.41) is 9.86. The molecule has 4 aromatic rings. The van der Waals surface area contributed by atoms with Gasteiger partial charge in [0.05, 0.1) is 9.79 Å².